The third-order valence-electron chi connectivity index (χ3n) is 7.80. The van der Waals surface area contributed by atoms with E-state index in [9.17, 15) is 14.4 Å². The zero-order valence-electron chi connectivity index (χ0n) is 22.5. The highest BCUT2D eigenvalue weighted by molar-refractivity contribution is 7.17. The summed E-state index contributed by atoms with van der Waals surface area (Å²) in [5.41, 5.74) is 3.33. The molecule has 5 heterocycles. The van der Waals surface area contributed by atoms with Gasteiger partial charge in [-0.3, -0.25) is 28.7 Å². The van der Waals surface area contributed by atoms with E-state index in [4.69, 9.17) is 4.74 Å². The number of benzene rings is 1. The van der Waals surface area contributed by atoms with Gasteiger partial charge in [-0.2, -0.15) is 5.10 Å². The molecule has 2 aliphatic rings. The van der Waals surface area contributed by atoms with Crippen molar-refractivity contribution in [3.05, 3.63) is 57.6 Å². The van der Waals surface area contributed by atoms with Crippen LogP contribution in [0.4, 0.5) is 5.82 Å². The van der Waals surface area contributed by atoms with Crippen LogP contribution in [0.25, 0.3) is 32.4 Å². The van der Waals surface area contributed by atoms with Gasteiger partial charge >= 0.3 is 5.69 Å². The molecule has 1 saturated heterocycles. The summed E-state index contributed by atoms with van der Waals surface area (Å²) in [6.07, 6.45) is 5.35. The number of carbonyl (C=O) groups is 2. The molecule has 1 aliphatic carbocycles. The summed E-state index contributed by atoms with van der Waals surface area (Å²) in [4.78, 5) is 47.0. The van der Waals surface area contributed by atoms with Crippen LogP contribution in [-0.4, -0.2) is 79.9 Å². The number of thiophene rings is 1. The molecule has 2 fully saturated rings. The van der Waals surface area contributed by atoms with Gasteiger partial charge in [0.1, 0.15) is 5.82 Å². The predicted octanol–water partition coefficient (Wildman–Crippen LogP) is 2.75. The van der Waals surface area contributed by atoms with Crippen molar-refractivity contribution >= 4 is 50.9 Å². The first kappa shape index (κ1) is 25.7. The van der Waals surface area contributed by atoms with Gasteiger partial charge in [0.2, 0.25) is 0 Å². The molecule has 1 aliphatic heterocycles. The zero-order chi connectivity index (χ0) is 28.1. The second-order valence-electron chi connectivity index (χ2n) is 10.6. The van der Waals surface area contributed by atoms with Crippen LogP contribution in [0.5, 0.6) is 0 Å². The van der Waals surface area contributed by atoms with Gasteiger partial charge in [-0.15, -0.1) is 11.3 Å². The number of amides is 2. The molecular formula is C28H30N8O4S. The zero-order valence-corrected chi connectivity index (χ0v) is 23.3. The number of imidazole rings is 1. The maximum absolute atomic E-state index is 13.5. The lowest BCUT2D eigenvalue weighted by Crippen LogP contribution is -2.39. The Morgan fingerprint density at radius 2 is 1.95 bits per heavy atom. The van der Waals surface area contributed by atoms with Gasteiger partial charge < -0.3 is 20.4 Å². The van der Waals surface area contributed by atoms with Gasteiger partial charge in [0.05, 0.1) is 46.4 Å². The Bertz CT molecular complexity index is 1820. The quantitative estimate of drug-likeness (QED) is 0.225. The Hall–Kier alpha value is -4.20. The molecule has 41 heavy (non-hydrogen) atoms. The highest BCUT2D eigenvalue weighted by Crippen LogP contribution is 2.33. The van der Waals surface area contributed by atoms with Crippen molar-refractivity contribution in [3.63, 3.8) is 0 Å². The number of rotatable bonds is 8. The van der Waals surface area contributed by atoms with E-state index in [1.807, 2.05) is 18.2 Å². The van der Waals surface area contributed by atoms with Crippen molar-refractivity contribution in [2.45, 2.75) is 25.4 Å². The summed E-state index contributed by atoms with van der Waals surface area (Å²) in [7, 11) is 1.75. The topological polar surface area (TPSA) is 142 Å². The smallest absolute Gasteiger partial charge is 0.328 e. The van der Waals surface area contributed by atoms with Crippen molar-refractivity contribution in [2.24, 2.45) is 7.05 Å². The molecule has 5 aromatic rings. The molecule has 1 aromatic carbocycles. The second-order valence-corrected chi connectivity index (χ2v) is 11.6. The van der Waals surface area contributed by atoms with Crippen LogP contribution in [0.3, 0.4) is 0 Å². The average Bonchev–Trinajstić information content (AvgIpc) is 3.34. The monoisotopic (exact) mass is 574 g/mol. The summed E-state index contributed by atoms with van der Waals surface area (Å²) >= 11 is 1.35. The third kappa shape index (κ3) is 4.85. The second kappa shape index (κ2) is 10.3. The number of aromatic nitrogens is 5. The number of hydrogen-bond donors (Lipinski definition) is 4. The molecule has 4 aromatic heterocycles. The molecule has 0 unspecified atom stereocenters. The minimum absolute atomic E-state index is 0.107. The summed E-state index contributed by atoms with van der Waals surface area (Å²) in [5.74, 6) is -0.238. The van der Waals surface area contributed by atoms with Gasteiger partial charge in [0.25, 0.3) is 11.8 Å². The predicted molar refractivity (Wildman–Crippen MR) is 157 cm³/mol. The third-order valence-corrected chi connectivity index (χ3v) is 8.93. The Morgan fingerprint density at radius 1 is 1.12 bits per heavy atom. The molecule has 212 valence electrons. The minimum Gasteiger partial charge on any atom is -0.379 e. The molecule has 0 spiro atoms. The fourth-order valence-electron chi connectivity index (χ4n) is 5.36. The summed E-state index contributed by atoms with van der Waals surface area (Å²) in [5, 5.41) is 13.4. The Morgan fingerprint density at radius 3 is 2.71 bits per heavy atom. The molecule has 0 bridgehead atoms. The normalized spacial score (nSPS) is 16.0. The van der Waals surface area contributed by atoms with Gasteiger partial charge in [0, 0.05) is 61.3 Å². The summed E-state index contributed by atoms with van der Waals surface area (Å²) in [6.45, 7) is 4.36. The van der Waals surface area contributed by atoms with Crippen molar-refractivity contribution < 1.29 is 14.3 Å². The molecule has 12 nitrogen and oxygen atoms in total. The van der Waals surface area contributed by atoms with E-state index >= 15 is 0 Å². The van der Waals surface area contributed by atoms with E-state index in [1.165, 1.54) is 11.3 Å². The highest BCUT2D eigenvalue weighted by Gasteiger charge is 2.29. The number of ether oxygens (including phenoxy) is 1. The first-order valence-corrected chi connectivity index (χ1v) is 14.5. The largest absolute Gasteiger partial charge is 0.379 e. The van der Waals surface area contributed by atoms with Gasteiger partial charge in [-0.1, -0.05) is 0 Å². The molecule has 0 radical (unpaired) electrons. The number of morpholine rings is 1. The molecule has 1 saturated carbocycles. The molecule has 4 N–H and O–H groups in total. The molecule has 0 atom stereocenters. The van der Waals surface area contributed by atoms with Gasteiger partial charge in [0.15, 0.2) is 0 Å². The van der Waals surface area contributed by atoms with Gasteiger partial charge in [-0.05, 0) is 37.1 Å². The van der Waals surface area contributed by atoms with E-state index in [0.717, 1.165) is 53.9 Å². The van der Waals surface area contributed by atoms with E-state index in [1.54, 1.807) is 34.6 Å². The lowest BCUT2D eigenvalue weighted by Gasteiger charge is -2.26. The van der Waals surface area contributed by atoms with Gasteiger partial charge in [-0.25, -0.2) is 4.79 Å². The van der Waals surface area contributed by atoms with Crippen LogP contribution in [0.1, 0.15) is 32.9 Å². The van der Waals surface area contributed by atoms with E-state index in [-0.39, 0.29) is 23.5 Å². The fourth-order valence-corrected chi connectivity index (χ4v) is 6.25. The van der Waals surface area contributed by atoms with E-state index < -0.39 is 0 Å². The number of carbonyl (C=O) groups excluding carboxylic acids is 2. The number of H-pyrrole nitrogens is 2. The summed E-state index contributed by atoms with van der Waals surface area (Å²) in [6, 6.07) is 7.54. The molecule has 13 heteroatoms. The average molecular weight is 575 g/mol. The number of hydrogen-bond acceptors (Lipinski definition) is 7. The van der Waals surface area contributed by atoms with Crippen molar-refractivity contribution in [1.29, 1.82) is 0 Å². The maximum Gasteiger partial charge on any atom is 0.328 e. The van der Waals surface area contributed by atoms with Crippen LogP contribution in [0.15, 0.2) is 41.5 Å². The molecule has 2 amide bonds. The SMILES string of the molecule is Cn1c(=O)n(CCN2CCOCC2)c2cc3[nH]c(NC(=O)c4ccc(-c5cn[nH]c5)s4)c(C(=O)NC4CC4)c3cc21. The lowest BCUT2D eigenvalue weighted by molar-refractivity contribution is 0.0364. The number of anilines is 1. The van der Waals surface area contributed by atoms with Crippen LogP contribution in [0, 0.1) is 0 Å². The fraction of sp³-hybridized carbons (Fsp3) is 0.357. The van der Waals surface area contributed by atoms with Crippen molar-refractivity contribution in [2.75, 3.05) is 38.2 Å². The molecular weight excluding hydrogens is 544 g/mol. The van der Waals surface area contributed by atoms with E-state index in [2.05, 4.69) is 30.7 Å². The number of nitrogens with zero attached hydrogens (tertiary/aromatic N) is 4. The number of nitrogens with one attached hydrogen (secondary N) is 4. The van der Waals surface area contributed by atoms with E-state index in [0.29, 0.717) is 46.9 Å². The lowest BCUT2D eigenvalue weighted by atomic mass is 10.1. The first-order chi connectivity index (χ1) is 20.0. The Labute approximate surface area is 238 Å². The van der Waals surface area contributed by atoms with Crippen LogP contribution in [0.2, 0.25) is 0 Å². The number of aryl methyl sites for hydroxylation is 1. The van der Waals surface area contributed by atoms with Crippen LogP contribution >= 0.6 is 11.3 Å². The Kier molecular flexibility index (Phi) is 6.48. The standard InChI is InChI=1S/C28H30N8O4S/c1-34-20-12-18-19(13-21(20)36(28(34)39)7-6-35-8-10-40-11-9-35)32-25(24(18)27(38)31-17-2-3-17)33-26(37)23-5-4-22(41-23)16-14-29-30-15-16/h4-5,12-15,17,32H,2-3,6-11H2,1H3,(H,29,30)(H,31,38)(H,33,37). The number of fused-ring (bicyclic) bond motifs is 2. The van der Waals surface area contributed by atoms with Crippen molar-refractivity contribution in [3.8, 4) is 10.4 Å². The first-order valence-electron chi connectivity index (χ1n) is 13.7. The van der Waals surface area contributed by atoms with Crippen molar-refractivity contribution in [1.82, 2.24) is 34.5 Å². The maximum atomic E-state index is 13.5. The Balaban J connectivity index is 1.25. The van der Waals surface area contributed by atoms with Crippen LogP contribution < -0.4 is 16.3 Å². The molecule has 7 rings (SSSR count). The highest BCUT2D eigenvalue weighted by atomic mass is 32.1. The summed E-state index contributed by atoms with van der Waals surface area (Å²) < 4.78 is 8.84. The minimum atomic E-state index is -0.316. The number of aromatic amines is 2. The van der Waals surface area contributed by atoms with Crippen LogP contribution in [-0.2, 0) is 18.3 Å².